The molecule has 6 nitrogen and oxygen atoms in total. The van der Waals surface area contributed by atoms with Crippen LogP contribution in [0.4, 0.5) is 0 Å². The van der Waals surface area contributed by atoms with Crippen LogP contribution >= 0.6 is 0 Å². The molecule has 1 amide bonds. The quantitative estimate of drug-likeness (QED) is 0.614. The van der Waals surface area contributed by atoms with E-state index in [9.17, 15) is 4.79 Å². The SMILES string of the molecule is CCC1CN(C(C)C(=O)N2CCOCC2)CCC1=NO. The van der Waals surface area contributed by atoms with Gasteiger partial charge in [-0.25, -0.2) is 0 Å². The molecule has 0 aromatic carbocycles. The maximum absolute atomic E-state index is 12.5. The monoisotopic (exact) mass is 283 g/mol. The van der Waals surface area contributed by atoms with E-state index in [0.717, 1.165) is 31.6 Å². The first-order valence-electron chi connectivity index (χ1n) is 7.48. The molecule has 114 valence electrons. The lowest BCUT2D eigenvalue weighted by molar-refractivity contribution is -0.140. The highest BCUT2D eigenvalue weighted by Crippen LogP contribution is 2.20. The first-order chi connectivity index (χ1) is 9.67. The van der Waals surface area contributed by atoms with Gasteiger partial charge in [-0.2, -0.15) is 0 Å². The zero-order valence-electron chi connectivity index (χ0n) is 12.4. The number of ether oxygens (including phenoxy) is 1. The minimum atomic E-state index is -0.109. The van der Waals surface area contributed by atoms with Crippen molar-refractivity contribution in [3.63, 3.8) is 0 Å². The van der Waals surface area contributed by atoms with Crippen LogP contribution in [0.3, 0.4) is 0 Å². The van der Waals surface area contributed by atoms with Crippen LogP contribution in [0.15, 0.2) is 5.16 Å². The highest BCUT2D eigenvalue weighted by molar-refractivity contribution is 5.88. The summed E-state index contributed by atoms with van der Waals surface area (Å²) in [6.45, 7) is 8.31. The van der Waals surface area contributed by atoms with Crippen molar-refractivity contribution in [2.45, 2.75) is 32.7 Å². The molecule has 1 N–H and O–H groups in total. The summed E-state index contributed by atoms with van der Waals surface area (Å²) in [5.74, 6) is 0.446. The van der Waals surface area contributed by atoms with Crippen LogP contribution in [-0.4, -0.2) is 72.1 Å². The van der Waals surface area contributed by atoms with Crippen molar-refractivity contribution in [3.05, 3.63) is 0 Å². The maximum atomic E-state index is 12.5. The number of piperidine rings is 1. The molecule has 0 bridgehead atoms. The Morgan fingerprint density at radius 3 is 2.75 bits per heavy atom. The molecular weight excluding hydrogens is 258 g/mol. The molecule has 0 aromatic heterocycles. The van der Waals surface area contributed by atoms with E-state index in [-0.39, 0.29) is 17.9 Å². The Morgan fingerprint density at radius 1 is 1.45 bits per heavy atom. The second-order valence-electron chi connectivity index (χ2n) is 5.56. The number of hydrogen-bond acceptors (Lipinski definition) is 5. The van der Waals surface area contributed by atoms with E-state index in [4.69, 9.17) is 9.94 Å². The predicted molar refractivity (Wildman–Crippen MR) is 76.1 cm³/mol. The maximum Gasteiger partial charge on any atom is 0.239 e. The fraction of sp³-hybridized carbons (Fsp3) is 0.857. The molecule has 6 heteroatoms. The highest BCUT2D eigenvalue weighted by Gasteiger charge is 2.32. The van der Waals surface area contributed by atoms with Gasteiger partial charge in [0.15, 0.2) is 0 Å². The zero-order chi connectivity index (χ0) is 14.5. The van der Waals surface area contributed by atoms with Crippen molar-refractivity contribution < 1.29 is 14.7 Å². The Labute approximate surface area is 120 Å². The smallest absolute Gasteiger partial charge is 0.239 e. The Bertz CT molecular complexity index is 367. The molecule has 2 aliphatic rings. The van der Waals surface area contributed by atoms with Crippen molar-refractivity contribution >= 4 is 11.6 Å². The first kappa shape index (κ1) is 15.3. The molecule has 0 radical (unpaired) electrons. The number of morpholine rings is 1. The number of oxime groups is 1. The summed E-state index contributed by atoms with van der Waals surface area (Å²) in [6, 6.07) is -0.109. The average molecular weight is 283 g/mol. The molecule has 0 saturated carbocycles. The minimum absolute atomic E-state index is 0.109. The van der Waals surface area contributed by atoms with Gasteiger partial charge in [0, 0.05) is 38.5 Å². The molecule has 0 spiro atoms. The zero-order valence-corrected chi connectivity index (χ0v) is 12.4. The third-order valence-electron chi connectivity index (χ3n) is 4.43. The van der Waals surface area contributed by atoms with E-state index in [1.165, 1.54) is 0 Å². The van der Waals surface area contributed by atoms with E-state index < -0.39 is 0 Å². The van der Waals surface area contributed by atoms with Crippen LogP contribution in [0.1, 0.15) is 26.7 Å². The van der Waals surface area contributed by atoms with Crippen molar-refractivity contribution in [1.29, 1.82) is 0 Å². The van der Waals surface area contributed by atoms with Crippen LogP contribution in [0, 0.1) is 5.92 Å². The van der Waals surface area contributed by atoms with Crippen molar-refractivity contribution in [2.24, 2.45) is 11.1 Å². The van der Waals surface area contributed by atoms with E-state index in [2.05, 4.69) is 17.0 Å². The third-order valence-corrected chi connectivity index (χ3v) is 4.43. The van der Waals surface area contributed by atoms with Gasteiger partial charge in [0.2, 0.25) is 5.91 Å². The number of likely N-dealkylation sites (tertiary alicyclic amines) is 1. The summed E-state index contributed by atoms with van der Waals surface area (Å²) < 4.78 is 5.29. The topological polar surface area (TPSA) is 65.4 Å². The van der Waals surface area contributed by atoms with Crippen LogP contribution < -0.4 is 0 Å². The number of carbonyl (C=O) groups is 1. The average Bonchev–Trinajstić information content (AvgIpc) is 2.53. The van der Waals surface area contributed by atoms with Crippen molar-refractivity contribution in [3.8, 4) is 0 Å². The van der Waals surface area contributed by atoms with Gasteiger partial charge in [0.05, 0.1) is 25.0 Å². The largest absolute Gasteiger partial charge is 0.411 e. The molecule has 2 saturated heterocycles. The van der Waals surface area contributed by atoms with E-state index in [1.807, 2.05) is 11.8 Å². The van der Waals surface area contributed by atoms with Gasteiger partial charge in [-0.1, -0.05) is 12.1 Å². The minimum Gasteiger partial charge on any atom is -0.411 e. The van der Waals surface area contributed by atoms with Gasteiger partial charge >= 0.3 is 0 Å². The summed E-state index contributed by atoms with van der Waals surface area (Å²) in [5, 5.41) is 12.4. The normalized spacial score (nSPS) is 28.6. The Balaban J connectivity index is 1.95. The van der Waals surface area contributed by atoms with Gasteiger partial charge in [-0.3, -0.25) is 9.69 Å². The van der Waals surface area contributed by atoms with Gasteiger partial charge in [0.1, 0.15) is 0 Å². The molecule has 2 aliphatic heterocycles. The van der Waals surface area contributed by atoms with E-state index >= 15 is 0 Å². The molecule has 20 heavy (non-hydrogen) atoms. The Morgan fingerprint density at radius 2 is 2.15 bits per heavy atom. The van der Waals surface area contributed by atoms with Gasteiger partial charge in [-0.05, 0) is 13.3 Å². The molecule has 2 heterocycles. The second-order valence-corrected chi connectivity index (χ2v) is 5.56. The summed E-state index contributed by atoms with van der Waals surface area (Å²) in [7, 11) is 0. The lowest BCUT2D eigenvalue weighted by Gasteiger charge is -2.38. The van der Waals surface area contributed by atoms with Crippen molar-refractivity contribution in [1.82, 2.24) is 9.80 Å². The van der Waals surface area contributed by atoms with E-state index in [0.29, 0.717) is 26.3 Å². The summed E-state index contributed by atoms with van der Waals surface area (Å²) in [5.41, 5.74) is 0.870. The van der Waals surface area contributed by atoms with Crippen molar-refractivity contribution in [2.75, 3.05) is 39.4 Å². The lowest BCUT2D eigenvalue weighted by Crippen LogP contribution is -2.54. The van der Waals surface area contributed by atoms with Crippen LogP contribution in [0.2, 0.25) is 0 Å². The highest BCUT2D eigenvalue weighted by atomic mass is 16.5. The number of rotatable bonds is 3. The molecule has 2 unspecified atom stereocenters. The van der Waals surface area contributed by atoms with Gasteiger partial charge in [0.25, 0.3) is 0 Å². The van der Waals surface area contributed by atoms with Crippen LogP contribution in [-0.2, 0) is 9.53 Å². The van der Waals surface area contributed by atoms with Gasteiger partial charge < -0.3 is 14.8 Å². The van der Waals surface area contributed by atoms with Gasteiger partial charge in [-0.15, -0.1) is 0 Å². The van der Waals surface area contributed by atoms with Crippen LogP contribution in [0.25, 0.3) is 0 Å². The lowest BCUT2D eigenvalue weighted by atomic mass is 9.92. The van der Waals surface area contributed by atoms with E-state index in [1.54, 1.807) is 0 Å². The second kappa shape index (κ2) is 7.04. The number of amides is 1. The summed E-state index contributed by atoms with van der Waals surface area (Å²) in [4.78, 5) is 16.6. The number of carbonyl (C=O) groups excluding carboxylic acids is 1. The Hall–Kier alpha value is -1.14. The summed E-state index contributed by atoms with van der Waals surface area (Å²) in [6.07, 6.45) is 1.68. The fourth-order valence-electron chi connectivity index (χ4n) is 2.99. The molecular formula is C14H25N3O3. The molecule has 2 atom stereocenters. The number of nitrogens with zero attached hydrogens (tertiary/aromatic N) is 3. The predicted octanol–water partition coefficient (Wildman–Crippen LogP) is 0.796. The standard InChI is InChI=1S/C14H25N3O3/c1-3-12-10-17(5-4-13(12)15-19)11(2)14(18)16-6-8-20-9-7-16/h11-12,19H,3-10H2,1-2H3. The van der Waals surface area contributed by atoms with Crippen LogP contribution in [0.5, 0.6) is 0 Å². The Kier molecular flexibility index (Phi) is 5.37. The fourth-order valence-corrected chi connectivity index (χ4v) is 2.99. The summed E-state index contributed by atoms with van der Waals surface area (Å²) >= 11 is 0. The number of hydrogen-bond donors (Lipinski definition) is 1. The molecule has 0 aliphatic carbocycles. The third kappa shape index (κ3) is 3.30. The molecule has 0 aromatic rings. The molecule has 2 rings (SSSR count). The molecule has 2 fully saturated rings. The first-order valence-corrected chi connectivity index (χ1v) is 7.48.